The van der Waals surface area contributed by atoms with E-state index in [1.54, 1.807) is 0 Å². The molecule has 0 amide bonds. The lowest BCUT2D eigenvalue weighted by Gasteiger charge is -2.52. The number of ether oxygens (including phenoxy) is 1. The average molecular weight is 366 g/mol. The number of fused-ring (bicyclic) bond motifs is 2. The first-order valence-electron chi connectivity index (χ1n) is 10.1. The molecule has 2 saturated heterocycles. The average Bonchev–Trinajstić information content (AvgIpc) is 2.63. The van der Waals surface area contributed by atoms with Crippen LogP contribution in [0.1, 0.15) is 50.3 Å². The van der Waals surface area contributed by atoms with Crippen molar-refractivity contribution in [2.24, 2.45) is 0 Å². The molecule has 4 rings (SSSR count). The van der Waals surface area contributed by atoms with Crippen LogP contribution in [0, 0.1) is 0 Å². The summed E-state index contributed by atoms with van der Waals surface area (Å²) in [7, 11) is 0. The van der Waals surface area contributed by atoms with Crippen molar-refractivity contribution in [1.82, 2.24) is 4.90 Å². The molecule has 3 nitrogen and oxygen atoms in total. The van der Waals surface area contributed by atoms with E-state index in [2.05, 4.69) is 80.3 Å². The zero-order valence-corrected chi connectivity index (χ0v) is 16.7. The lowest BCUT2D eigenvalue weighted by molar-refractivity contribution is -0.149. The van der Waals surface area contributed by atoms with Gasteiger partial charge in [0.2, 0.25) is 0 Å². The van der Waals surface area contributed by atoms with Crippen LogP contribution in [0.2, 0.25) is 0 Å². The predicted octanol–water partition coefficient (Wildman–Crippen LogP) is 4.24. The highest BCUT2D eigenvalue weighted by Gasteiger charge is 2.46. The molecule has 2 aliphatic rings. The van der Waals surface area contributed by atoms with Gasteiger partial charge in [-0.2, -0.15) is 0 Å². The van der Waals surface area contributed by atoms with Gasteiger partial charge in [-0.1, -0.05) is 75.4 Å². The van der Waals surface area contributed by atoms with Crippen LogP contribution in [-0.2, 0) is 22.3 Å². The number of aliphatic hydroxyl groups is 1. The van der Waals surface area contributed by atoms with Gasteiger partial charge in [0.15, 0.2) is 0 Å². The molecular formula is C24H31NO2. The van der Waals surface area contributed by atoms with E-state index < -0.39 is 5.60 Å². The minimum Gasteiger partial charge on any atom is -0.385 e. The molecule has 1 N–H and O–H groups in total. The van der Waals surface area contributed by atoms with Gasteiger partial charge < -0.3 is 9.84 Å². The summed E-state index contributed by atoms with van der Waals surface area (Å²) in [5, 5.41) is 11.5. The van der Waals surface area contributed by atoms with Crippen molar-refractivity contribution in [1.29, 1.82) is 0 Å². The van der Waals surface area contributed by atoms with Gasteiger partial charge >= 0.3 is 0 Å². The third-order valence-corrected chi connectivity index (χ3v) is 6.20. The molecule has 0 radical (unpaired) electrons. The fourth-order valence-electron chi connectivity index (χ4n) is 4.61. The molecule has 0 aliphatic carbocycles. The van der Waals surface area contributed by atoms with Crippen molar-refractivity contribution in [3.63, 3.8) is 0 Å². The van der Waals surface area contributed by atoms with Gasteiger partial charge in [0.1, 0.15) is 0 Å². The number of hydrogen-bond acceptors (Lipinski definition) is 3. The van der Waals surface area contributed by atoms with E-state index in [4.69, 9.17) is 4.74 Å². The largest absolute Gasteiger partial charge is 0.385 e. The smallest absolute Gasteiger partial charge is 0.0928 e. The maximum Gasteiger partial charge on any atom is 0.0928 e. The van der Waals surface area contributed by atoms with Crippen molar-refractivity contribution in [3.8, 4) is 0 Å². The third-order valence-electron chi connectivity index (χ3n) is 6.20. The maximum atomic E-state index is 11.5. The molecule has 3 heteroatoms. The minimum atomic E-state index is -0.761. The number of benzene rings is 2. The van der Waals surface area contributed by atoms with Gasteiger partial charge in [0.05, 0.1) is 18.8 Å². The molecule has 2 aromatic carbocycles. The standard InChI is InChI=1S/C24H31NO2/c1-23(2,3)19-9-11-20(12-10-19)24(26)13-21-16-27-17-22(14-24)25(21)15-18-7-5-4-6-8-18/h4-12,21-22,26H,13-17H2,1-3H3. The van der Waals surface area contributed by atoms with Crippen LogP contribution in [0.15, 0.2) is 54.6 Å². The van der Waals surface area contributed by atoms with Crippen molar-refractivity contribution < 1.29 is 9.84 Å². The molecule has 2 unspecified atom stereocenters. The van der Waals surface area contributed by atoms with Crippen molar-refractivity contribution >= 4 is 0 Å². The highest BCUT2D eigenvalue weighted by Crippen LogP contribution is 2.42. The third kappa shape index (κ3) is 3.82. The van der Waals surface area contributed by atoms with E-state index in [-0.39, 0.29) is 17.5 Å². The molecule has 2 aliphatic heterocycles. The zero-order chi connectivity index (χ0) is 19.1. The second kappa shape index (κ2) is 7.05. The normalized spacial score (nSPS) is 28.9. The fourth-order valence-corrected chi connectivity index (χ4v) is 4.61. The van der Waals surface area contributed by atoms with Crippen LogP contribution < -0.4 is 0 Å². The van der Waals surface area contributed by atoms with Gasteiger partial charge in [-0.15, -0.1) is 0 Å². The molecule has 0 aromatic heterocycles. The second-order valence-corrected chi connectivity index (χ2v) is 9.27. The summed E-state index contributed by atoms with van der Waals surface area (Å²) in [5.74, 6) is 0. The first kappa shape index (κ1) is 18.7. The van der Waals surface area contributed by atoms with Crippen LogP contribution in [0.5, 0.6) is 0 Å². The molecule has 2 fully saturated rings. The molecule has 2 aromatic rings. The van der Waals surface area contributed by atoms with E-state index >= 15 is 0 Å². The first-order chi connectivity index (χ1) is 12.9. The van der Waals surface area contributed by atoms with Crippen molar-refractivity contribution in [3.05, 3.63) is 71.3 Å². The summed E-state index contributed by atoms with van der Waals surface area (Å²) in [6.07, 6.45) is 1.45. The summed E-state index contributed by atoms with van der Waals surface area (Å²) < 4.78 is 5.84. The SMILES string of the molecule is CC(C)(C)c1ccc(C2(O)CC3COCC(C2)N3Cc2ccccc2)cc1. The predicted molar refractivity (Wildman–Crippen MR) is 109 cm³/mol. The molecule has 2 atom stereocenters. The van der Waals surface area contributed by atoms with E-state index in [1.807, 2.05) is 0 Å². The molecule has 27 heavy (non-hydrogen) atoms. The first-order valence-corrected chi connectivity index (χ1v) is 10.1. The maximum absolute atomic E-state index is 11.5. The molecule has 0 spiro atoms. The monoisotopic (exact) mass is 365 g/mol. The van der Waals surface area contributed by atoms with Gasteiger partial charge in [0.25, 0.3) is 0 Å². The summed E-state index contributed by atoms with van der Waals surface area (Å²) >= 11 is 0. The number of nitrogens with zero attached hydrogens (tertiary/aromatic N) is 1. The fraction of sp³-hybridized carbons (Fsp3) is 0.500. The van der Waals surface area contributed by atoms with Crippen LogP contribution in [0.3, 0.4) is 0 Å². The quantitative estimate of drug-likeness (QED) is 0.883. The number of morpholine rings is 1. The summed E-state index contributed by atoms with van der Waals surface area (Å²) in [5.41, 5.74) is 3.05. The van der Waals surface area contributed by atoms with E-state index in [9.17, 15) is 5.11 Å². The van der Waals surface area contributed by atoms with Crippen LogP contribution in [0.4, 0.5) is 0 Å². The summed E-state index contributed by atoms with van der Waals surface area (Å²) in [6, 6.07) is 19.7. The Morgan fingerprint density at radius 2 is 1.56 bits per heavy atom. The highest BCUT2D eigenvalue weighted by molar-refractivity contribution is 5.32. The Hall–Kier alpha value is -1.68. The highest BCUT2D eigenvalue weighted by atomic mass is 16.5. The zero-order valence-electron chi connectivity index (χ0n) is 16.7. The minimum absolute atomic E-state index is 0.130. The molecule has 2 bridgehead atoms. The van der Waals surface area contributed by atoms with Gasteiger partial charge in [0, 0.05) is 18.6 Å². The Morgan fingerprint density at radius 1 is 0.963 bits per heavy atom. The molecule has 144 valence electrons. The van der Waals surface area contributed by atoms with Crippen LogP contribution in [0.25, 0.3) is 0 Å². The Balaban J connectivity index is 1.55. The Labute approximate surface area is 163 Å². The van der Waals surface area contributed by atoms with E-state index in [0.29, 0.717) is 13.2 Å². The van der Waals surface area contributed by atoms with Gasteiger partial charge in [-0.05, 0) is 34.9 Å². The van der Waals surface area contributed by atoms with Crippen LogP contribution in [-0.4, -0.2) is 35.3 Å². The number of hydrogen-bond donors (Lipinski definition) is 1. The topological polar surface area (TPSA) is 32.7 Å². The van der Waals surface area contributed by atoms with E-state index in [1.165, 1.54) is 11.1 Å². The van der Waals surface area contributed by atoms with Gasteiger partial charge in [-0.3, -0.25) is 4.90 Å². The number of rotatable bonds is 3. The molecular weight excluding hydrogens is 334 g/mol. The Bertz CT molecular complexity index is 749. The van der Waals surface area contributed by atoms with Crippen molar-refractivity contribution in [2.45, 2.75) is 63.3 Å². The molecule has 2 heterocycles. The number of piperidine rings is 1. The molecule has 0 saturated carbocycles. The lowest BCUT2D eigenvalue weighted by atomic mass is 9.76. The van der Waals surface area contributed by atoms with E-state index in [0.717, 1.165) is 24.9 Å². The summed E-state index contributed by atoms with van der Waals surface area (Å²) in [6.45, 7) is 9.00. The lowest BCUT2D eigenvalue weighted by Crippen LogP contribution is -2.60. The van der Waals surface area contributed by atoms with Gasteiger partial charge in [-0.25, -0.2) is 0 Å². The van der Waals surface area contributed by atoms with Crippen LogP contribution >= 0.6 is 0 Å². The van der Waals surface area contributed by atoms with Crippen molar-refractivity contribution in [2.75, 3.05) is 13.2 Å². The Morgan fingerprint density at radius 3 is 2.11 bits per heavy atom. The second-order valence-electron chi connectivity index (χ2n) is 9.27. The Kier molecular flexibility index (Phi) is 4.87. The summed E-state index contributed by atoms with van der Waals surface area (Å²) in [4.78, 5) is 2.54.